The zero-order valence-electron chi connectivity index (χ0n) is 17.1. The van der Waals surface area contributed by atoms with Crippen LogP contribution >= 0.6 is 28.6 Å². The van der Waals surface area contributed by atoms with Crippen molar-refractivity contribution in [2.24, 2.45) is 5.41 Å². The second-order valence-corrected chi connectivity index (χ2v) is 8.65. The third-order valence-electron chi connectivity index (χ3n) is 4.61. The van der Waals surface area contributed by atoms with Gasteiger partial charge in [-0.1, -0.05) is 29.8 Å². The van der Waals surface area contributed by atoms with Gasteiger partial charge in [-0.2, -0.15) is 17.9 Å². The molecule has 2 rings (SSSR count). The average molecular weight is 507 g/mol. The lowest BCUT2D eigenvalue weighted by Crippen LogP contribution is -2.30. The van der Waals surface area contributed by atoms with Crippen LogP contribution < -0.4 is 5.32 Å². The van der Waals surface area contributed by atoms with Gasteiger partial charge in [-0.25, -0.2) is 4.79 Å². The summed E-state index contributed by atoms with van der Waals surface area (Å²) in [5.74, 6) is -0.500. The summed E-state index contributed by atoms with van der Waals surface area (Å²) in [6, 6.07) is 13.2. The molecule has 0 aliphatic heterocycles. The van der Waals surface area contributed by atoms with Crippen molar-refractivity contribution < 1.29 is 24.2 Å². The van der Waals surface area contributed by atoms with E-state index in [1.165, 1.54) is 6.07 Å². The molecule has 0 aliphatic carbocycles. The van der Waals surface area contributed by atoms with E-state index in [9.17, 15) is 14.7 Å². The molecule has 0 bridgehead atoms. The standard InChI is InChI=1S/C22H23BrN2O5S/c1-22(2,9-10-29-19(27)13-31)20(17-11-15(23)5-8-18(17)26)30-21(28)25-16-6-3-14(12-24)4-7-16/h3-8,11,20,26,31H,9-10,13H2,1-2H3,(H,25,28)/t20-/m0/s1. The van der Waals surface area contributed by atoms with Crippen LogP contribution in [0.4, 0.5) is 10.5 Å². The van der Waals surface area contributed by atoms with Crippen LogP contribution in [0.2, 0.25) is 0 Å². The number of phenols is 1. The second-order valence-electron chi connectivity index (χ2n) is 7.42. The number of carbonyl (C=O) groups excluding carboxylic acids is 2. The van der Waals surface area contributed by atoms with E-state index >= 15 is 0 Å². The summed E-state index contributed by atoms with van der Waals surface area (Å²) < 4.78 is 11.6. The fraction of sp³-hybridized carbons (Fsp3) is 0.318. The minimum absolute atomic E-state index is 0.0280. The normalized spacial score (nSPS) is 11.8. The first-order valence-electron chi connectivity index (χ1n) is 9.39. The fourth-order valence-electron chi connectivity index (χ4n) is 2.87. The maximum absolute atomic E-state index is 12.6. The van der Waals surface area contributed by atoms with Crippen LogP contribution in [0.25, 0.3) is 0 Å². The van der Waals surface area contributed by atoms with Crippen LogP contribution in [0.5, 0.6) is 5.75 Å². The van der Waals surface area contributed by atoms with E-state index in [2.05, 4.69) is 33.9 Å². The Morgan fingerprint density at radius 3 is 2.55 bits per heavy atom. The van der Waals surface area contributed by atoms with Crippen LogP contribution in [0.15, 0.2) is 46.9 Å². The van der Waals surface area contributed by atoms with E-state index < -0.39 is 23.6 Å². The molecule has 0 unspecified atom stereocenters. The number of aromatic hydroxyl groups is 1. The predicted octanol–water partition coefficient (Wildman–Crippen LogP) is 5.21. The van der Waals surface area contributed by atoms with Gasteiger partial charge in [-0.05, 0) is 48.9 Å². The Kier molecular flexibility index (Phi) is 8.77. The zero-order chi connectivity index (χ0) is 23.0. The maximum Gasteiger partial charge on any atom is 0.412 e. The van der Waals surface area contributed by atoms with Crippen molar-refractivity contribution in [2.45, 2.75) is 26.4 Å². The minimum Gasteiger partial charge on any atom is -0.508 e. The zero-order valence-corrected chi connectivity index (χ0v) is 19.6. The molecule has 2 aromatic rings. The largest absolute Gasteiger partial charge is 0.508 e. The predicted molar refractivity (Wildman–Crippen MR) is 123 cm³/mol. The number of hydrogen-bond donors (Lipinski definition) is 3. The number of amides is 1. The van der Waals surface area contributed by atoms with Crippen molar-refractivity contribution in [3.63, 3.8) is 0 Å². The Balaban J connectivity index is 2.24. The smallest absolute Gasteiger partial charge is 0.412 e. The molecule has 0 aliphatic rings. The molecule has 2 aromatic carbocycles. The van der Waals surface area contributed by atoms with Crippen LogP contribution in [0.1, 0.15) is 37.5 Å². The Hall–Kier alpha value is -2.70. The summed E-state index contributed by atoms with van der Waals surface area (Å²) in [5, 5.41) is 21.9. The molecule has 164 valence electrons. The SMILES string of the molecule is CC(C)(CCOC(=O)CS)[C@@H](OC(=O)Nc1ccc(C#N)cc1)c1cc(Br)ccc1O. The molecule has 31 heavy (non-hydrogen) atoms. The number of halogens is 1. The maximum atomic E-state index is 12.6. The number of nitrogens with one attached hydrogen (secondary N) is 1. The van der Waals surface area contributed by atoms with E-state index in [1.54, 1.807) is 36.4 Å². The quantitative estimate of drug-likeness (QED) is 0.335. The number of anilines is 1. The average Bonchev–Trinajstić information content (AvgIpc) is 2.74. The monoisotopic (exact) mass is 506 g/mol. The van der Waals surface area contributed by atoms with Gasteiger partial charge in [-0.3, -0.25) is 10.1 Å². The van der Waals surface area contributed by atoms with Crippen molar-refractivity contribution in [1.29, 1.82) is 5.26 Å². The highest BCUT2D eigenvalue weighted by atomic mass is 79.9. The molecule has 0 aromatic heterocycles. The Morgan fingerprint density at radius 2 is 1.94 bits per heavy atom. The molecular weight excluding hydrogens is 484 g/mol. The minimum atomic E-state index is -0.849. The number of ether oxygens (including phenoxy) is 2. The summed E-state index contributed by atoms with van der Waals surface area (Å²) >= 11 is 7.25. The number of phenolic OH excluding ortho intramolecular Hbond substituents is 1. The topological polar surface area (TPSA) is 109 Å². The third-order valence-corrected chi connectivity index (χ3v) is 5.36. The summed E-state index contributed by atoms with van der Waals surface area (Å²) in [4.78, 5) is 24.0. The van der Waals surface area contributed by atoms with Crippen molar-refractivity contribution >= 4 is 46.3 Å². The summed E-state index contributed by atoms with van der Waals surface area (Å²) in [7, 11) is 0. The number of hydrogen-bond acceptors (Lipinski definition) is 7. The molecular formula is C22H23BrN2O5S. The molecule has 0 saturated carbocycles. The molecule has 0 fully saturated rings. The Bertz CT molecular complexity index is 973. The first-order chi connectivity index (χ1) is 14.7. The van der Waals surface area contributed by atoms with E-state index in [4.69, 9.17) is 14.7 Å². The van der Waals surface area contributed by atoms with Gasteiger partial charge in [0, 0.05) is 21.1 Å². The number of carbonyl (C=O) groups is 2. The van der Waals surface area contributed by atoms with E-state index in [-0.39, 0.29) is 18.1 Å². The van der Waals surface area contributed by atoms with Crippen molar-refractivity contribution in [2.75, 3.05) is 17.7 Å². The van der Waals surface area contributed by atoms with Crippen LogP contribution in [-0.2, 0) is 14.3 Å². The first kappa shape index (κ1) is 24.6. The highest BCUT2D eigenvalue weighted by molar-refractivity contribution is 9.10. The molecule has 7 nitrogen and oxygen atoms in total. The molecule has 9 heteroatoms. The van der Waals surface area contributed by atoms with Gasteiger partial charge in [0.1, 0.15) is 11.9 Å². The Morgan fingerprint density at radius 1 is 1.26 bits per heavy atom. The van der Waals surface area contributed by atoms with Gasteiger partial charge in [0.2, 0.25) is 0 Å². The highest BCUT2D eigenvalue weighted by Crippen LogP contribution is 2.43. The number of thiol groups is 1. The van der Waals surface area contributed by atoms with E-state index in [1.807, 2.05) is 19.9 Å². The molecule has 0 saturated heterocycles. The second kappa shape index (κ2) is 11.1. The summed E-state index contributed by atoms with van der Waals surface area (Å²) in [6.07, 6.45) is -1.21. The lowest BCUT2D eigenvalue weighted by Gasteiger charge is -2.34. The lowest BCUT2D eigenvalue weighted by molar-refractivity contribution is -0.141. The van der Waals surface area contributed by atoms with Gasteiger partial charge in [0.25, 0.3) is 0 Å². The number of esters is 1. The molecule has 1 atom stereocenters. The summed E-state index contributed by atoms with van der Waals surface area (Å²) in [5.41, 5.74) is 0.640. The number of nitriles is 1. The van der Waals surface area contributed by atoms with Crippen LogP contribution in [-0.4, -0.2) is 29.5 Å². The van der Waals surface area contributed by atoms with Crippen molar-refractivity contribution in [3.8, 4) is 11.8 Å². The van der Waals surface area contributed by atoms with Gasteiger partial charge < -0.3 is 14.6 Å². The van der Waals surface area contributed by atoms with Gasteiger partial charge >= 0.3 is 12.1 Å². The number of rotatable bonds is 8. The number of nitrogens with zero attached hydrogens (tertiary/aromatic N) is 1. The molecule has 0 radical (unpaired) electrons. The van der Waals surface area contributed by atoms with Gasteiger partial charge in [0.05, 0.1) is 24.0 Å². The van der Waals surface area contributed by atoms with Gasteiger partial charge in [-0.15, -0.1) is 0 Å². The van der Waals surface area contributed by atoms with Crippen molar-refractivity contribution in [3.05, 3.63) is 58.1 Å². The molecule has 2 N–H and O–H groups in total. The van der Waals surface area contributed by atoms with E-state index in [0.29, 0.717) is 27.7 Å². The fourth-order valence-corrected chi connectivity index (χ4v) is 3.34. The van der Waals surface area contributed by atoms with E-state index in [0.717, 1.165) is 0 Å². The highest BCUT2D eigenvalue weighted by Gasteiger charge is 2.36. The third kappa shape index (κ3) is 7.19. The molecule has 0 spiro atoms. The van der Waals surface area contributed by atoms with Crippen LogP contribution in [0.3, 0.4) is 0 Å². The van der Waals surface area contributed by atoms with Crippen LogP contribution in [0, 0.1) is 16.7 Å². The van der Waals surface area contributed by atoms with Crippen molar-refractivity contribution in [1.82, 2.24) is 0 Å². The Labute approximate surface area is 194 Å². The summed E-state index contributed by atoms with van der Waals surface area (Å²) in [6.45, 7) is 3.81. The van der Waals surface area contributed by atoms with Gasteiger partial charge in [0.15, 0.2) is 0 Å². The molecule has 0 heterocycles. The molecule has 1 amide bonds. The number of benzene rings is 2. The lowest BCUT2D eigenvalue weighted by atomic mass is 9.79. The first-order valence-corrected chi connectivity index (χ1v) is 10.8.